The SMILES string of the molecule is O=C(C1CN(c2c3c(nc4ccnn24)CCNCC3)C1)N1CCC(N2CCOCC2)CC1. The zero-order valence-corrected chi connectivity index (χ0v) is 18.7. The maximum atomic E-state index is 13.2. The molecule has 9 nitrogen and oxygen atoms in total. The molecule has 3 saturated heterocycles. The molecule has 6 heterocycles. The molecule has 4 aliphatic heterocycles. The van der Waals surface area contributed by atoms with Crippen molar-refractivity contribution in [3.05, 3.63) is 23.5 Å². The van der Waals surface area contributed by atoms with Crippen LogP contribution in [0.1, 0.15) is 24.1 Å². The number of hydrogen-bond donors (Lipinski definition) is 1. The number of amides is 1. The van der Waals surface area contributed by atoms with Gasteiger partial charge in [0, 0.05) is 69.9 Å². The van der Waals surface area contributed by atoms with Crippen molar-refractivity contribution >= 4 is 17.4 Å². The molecule has 0 bridgehead atoms. The highest BCUT2D eigenvalue weighted by atomic mass is 16.5. The van der Waals surface area contributed by atoms with Gasteiger partial charge in [-0.2, -0.15) is 9.61 Å². The molecule has 0 aliphatic carbocycles. The van der Waals surface area contributed by atoms with Crippen LogP contribution in [0.4, 0.5) is 5.82 Å². The van der Waals surface area contributed by atoms with Crippen LogP contribution in [0, 0.1) is 5.92 Å². The molecular weight excluding hydrogens is 406 g/mol. The summed E-state index contributed by atoms with van der Waals surface area (Å²) >= 11 is 0. The van der Waals surface area contributed by atoms with Crippen LogP contribution >= 0.6 is 0 Å². The molecule has 0 aromatic carbocycles. The van der Waals surface area contributed by atoms with Gasteiger partial charge in [0.2, 0.25) is 5.91 Å². The second kappa shape index (κ2) is 8.61. The Morgan fingerprint density at radius 2 is 1.84 bits per heavy atom. The van der Waals surface area contributed by atoms with Crippen LogP contribution in [0.25, 0.3) is 5.65 Å². The molecule has 9 heteroatoms. The van der Waals surface area contributed by atoms with E-state index in [1.54, 1.807) is 0 Å². The molecule has 32 heavy (non-hydrogen) atoms. The maximum Gasteiger partial charge on any atom is 0.229 e. The van der Waals surface area contributed by atoms with Crippen LogP contribution in [0.3, 0.4) is 0 Å². The monoisotopic (exact) mass is 439 g/mol. The Kier molecular flexibility index (Phi) is 5.48. The van der Waals surface area contributed by atoms with Crippen LogP contribution in [0.2, 0.25) is 0 Å². The van der Waals surface area contributed by atoms with Crippen molar-refractivity contribution < 1.29 is 9.53 Å². The summed E-state index contributed by atoms with van der Waals surface area (Å²) in [6.07, 6.45) is 5.89. The predicted molar refractivity (Wildman–Crippen MR) is 121 cm³/mol. The standard InChI is InChI=1S/C23H33N7O2/c31-23(28-9-4-18(5-10-28)27-11-13-32-14-12-27)17-15-29(16-17)22-19-1-6-24-7-2-20(19)26-21-3-8-25-30(21)22/h3,8,17-18,24H,1-2,4-7,9-16H2. The second-order valence-corrected chi connectivity index (χ2v) is 9.52. The summed E-state index contributed by atoms with van der Waals surface area (Å²) < 4.78 is 7.46. The van der Waals surface area contributed by atoms with Gasteiger partial charge in [0.1, 0.15) is 5.82 Å². The van der Waals surface area contributed by atoms with E-state index in [0.29, 0.717) is 11.9 Å². The lowest BCUT2D eigenvalue weighted by Gasteiger charge is -2.45. The number of likely N-dealkylation sites (tertiary alicyclic amines) is 1. The summed E-state index contributed by atoms with van der Waals surface area (Å²) in [5.74, 6) is 1.57. The Morgan fingerprint density at radius 1 is 1.06 bits per heavy atom. The predicted octanol–water partition coefficient (Wildman–Crippen LogP) is 0.177. The van der Waals surface area contributed by atoms with Crippen molar-refractivity contribution in [1.82, 2.24) is 29.7 Å². The number of rotatable bonds is 3. The summed E-state index contributed by atoms with van der Waals surface area (Å²) in [5, 5.41) is 8.04. The molecule has 2 aromatic rings. The number of nitrogens with zero attached hydrogens (tertiary/aromatic N) is 6. The van der Waals surface area contributed by atoms with E-state index in [9.17, 15) is 4.79 Å². The first-order valence-electron chi connectivity index (χ1n) is 12.2. The highest BCUT2D eigenvalue weighted by molar-refractivity contribution is 5.82. The van der Waals surface area contributed by atoms with Crippen molar-refractivity contribution in [2.24, 2.45) is 5.92 Å². The van der Waals surface area contributed by atoms with E-state index in [2.05, 4.69) is 25.1 Å². The third kappa shape index (κ3) is 3.66. The number of ether oxygens (including phenoxy) is 1. The lowest BCUT2D eigenvalue weighted by molar-refractivity contribution is -0.138. The van der Waals surface area contributed by atoms with Gasteiger partial charge in [0.05, 0.1) is 31.0 Å². The summed E-state index contributed by atoms with van der Waals surface area (Å²) in [7, 11) is 0. The zero-order chi connectivity index (χ0) is 21.5. The van der Waals surface area contributed by atoms with Crippen LogP contribution in [0.15, 0.2) is 12.3 Å². The van der Waals surface area contributed by atoms with Gasteiger partial charge in [-0.25, -0.2) is 4.98 Å². The van der Waals surface area contributed by atoms with Crippen molar-refractivity contribution in [1.29, 1.82) is 0 Å². The number of morpholine rings is 1. The second-order valence-electron chi connectivity index (χ2n) is 9.52. The molecule has 1 amide bonds. The number of anilines is 1. The molecule has 0 radical (unpaired) electrons. The first-order chi connectivity index (χ1) is 15.8. The number of piperidine rings is 1. The topological polar surface area (TPSA) is 78.2 Å². The van der Waals surface area contributed by atoms with Crippen LogP contribution in [0.5, 0.6) is 0 Å². The molecular formula is C23H33N7O2. The Balaban J connectivity index is 1.11. The molecule has 0 atom stereocenters. The number of aromatic nitrogens is 3. The number of carbonyl (C=O) groups excluding carboxylic acids is 1. The number of fused-ring (bicyclic) bond motifs is 2. The quantitative estimate of drug-likeness (QED) is 0.731. The van der Waals surface area contributed by atoms with Crippen LogP contribution in [-0.2, 0) is 22.4 Å². The van der Waals surface area contributed by atoms with Gasteiger partial charge in [0.25, 0.3) is 0 Å². The largest absolute Gasteiger partial charge is 0.379 e. The van der Waals surface area contributed by atoms with Crippen LogP contribution < -0.4 is 10.2 Å². The number of carbonyl (C=O) groups is 1. The van der Waals surface area contributed by atoms with Crippen molar-refractivity contribution in [2.75, 3.05) is 70.5 Å². The van der Waals surface area contributed by atoms with Gasteiger partial charge in [-0.15, -0.1) is 0 Å². The lowest BCUT2D eigenvalue weighted by atomic mass is 9.94. The first-order valence-corrected chi connectivity index (χ1v) is 12.2. The Morgan fingerprint density at radius 3 is 2.66 bits per heavy atom. The van der Waals surface area contributed by atoms with Gasteiger partial charge < -0.3 is 19.9 Å². The fourth-order valence-corrected chi connectivity index (χ4v) is 5.80. The van der Waals surface area contributed by atoms with E-state index in [4.69, 9.17) is 9.72 Å². The van der Waals surface area contributed by atoms with E-state index < -0.39 is 0 Å². The molecule has 2 aromatic heterocycles. The Bertz CT molecular complexity index is 972. The van der Waals surface area contributed by atoms with Gasteiger partial charge in [-0.1, -0.05) is 0 Å². The van der Waals surface area contributed by atoms with E-state index >= 15 is 0 Å². The smallest absolute Gasteiger partial charge is 0.229 e. The third-order valence-electron chi connectivity index (χ3n) is 7.65. The minimum Gasteiger partial charge on any atom is -0.379 e. The van der Waals surface area contributed by atoms with Gasteiger partial charge >= 0.3 is 0 Å². The minimum absolute atomic E-state index is 0.0910. The Hall–Kier alpha value is -2.23. The van der Waals surface area contributed by atoms with Crippen molar-refractivity contribution in [2.45, 2.75) is 31.7 Å². The van der Waals surface area contributed by atoms with Gasteiger partial charge in [-0.3, -0.25) is 9.69 Å². The maximum absolute atomic E-state index is 13.2. The highest BCUT2D eigenvalue weighted by Gasteiger charge is 2.39. The Labute approximate surface area is 188 Å². The highest BCUT2D eigenvalue weighted by Crippen LogP contribution is 2.32. The zero-order valence-electron chi connectivity index (χ0n) is 18.7. The fraction of sp³-hybridized carbons (Fsp3) is 0.696. The summed E-state index contributed by atoms with van der Waals surface area (Å²) in [4.78, 5) is 25.1. The van der Waals surface area contributed by atoms with Gasteiger partial charge in [-0.05, 0) is 25.8 Å². The first kappa shape index (κ1) is 20.4. The summed E-state index contributed by atoms with van der Waals surface area (Å²) in [6, 6.07) is 2.58. The molecule has 6 rings (SSSR count). The fourth-order valence-electron chi connectivity index (χ4n) is 5.80. The summed E-state index contributed by atoms with van der Waals surface area (Å²) in [6.45, 7) is 9.00. The van der Waals surface area contributed by atoms with Crippen molar-refractivity contribution in [3.8, 4) is 0 Å². The molecule has 4 aliphatic rings. The third-order valence-corrected chi connectivity index (χ3v) is 7.65. The number of hydrogen-bond acceptors (Lipinski definition) is 7. The molecule has 3 fully saturated rings. The van der Waals surface area contributed by atoms with E-state index in [-0.39, 0.29) is 5.92 Å². The summed E-state index contributed by atoms with van der Waals surface area (Å²) in [5.41, 5.74) is 3.38. The average Bonchev–Trinajstić information content (AvgIpc) is 3.15. The van der Waals surface area contributed by atoms with E-state index in [1.165, 1.54) is 11.3 Å². The molecule has 0 spiro atoms. The average molecular weight is 440 g/mol. The number of nitrogens with one attached hydrogen (secondary N) is 1. The van der Waals surface area contributed by atoms with Gasteiger partial charge in [0.15, 0.2) is 5.65 Å². The van der Waals surface area contributed by atoms with Crippen molar-refractivity contribution in [3.63, 3.8) is 0 Å². The van der Waals surface area contributed by atoms with Crippen LogP contribution in [-0.4, -0.2) is 102 Å². The van der Waals surface area contributed by atoms with E-state index in [0.717, 1.165) is 103 Å². The molecule has 0 unspecified atom stereocenters. The van der Waals surface area contributed by atoms with E-state index in [1.807, 2.05) is 16.8 Å². The molecule has 1 N–H and O–H groups in total. The molecule has 0 saturated carbocycles. The lowest BCUT2D eigenvalue weighted by Crippen LogP contribution is -2.57. The normalized spacial score (nSPS) is 23.8. The minimum atomic E-state index is 0.0910. The molecule has 172 valence electrons.